The summed E-state index contributed by atoms with van der Waals surface area (Å²) in [5, 5.41) is 1.97. The van der Waals surface area contributed by atoms with Crippen LogP contribution in [0.25, 0.3) is 0 Å². The van der Waals surface area contributed by atoms with Gasteiger partial charge >= 0.3 is 0 Å². The monoisotopic (exact) mass is 414 g/mol. The Hall–Kier alpha value is -2.67. The first-order valence-corrected chi connectivity index (χ1v) is 11.3. The summed E-state index contributed by atoms with van der Waals surface area (Å²) >= 11 is 0. The quantitative estimate of drug-likeness (QED) is 0.786. The molecule has 0 spiro atoms. The van der Waals surface area contributed by atoms with Crippen LogP contribution in [0.4, 0.5) is 11.4 Å². The van der Waals surface area contributed by atoms with Gasteiger partial charge < -0.3 is 10.2 Å². The zero-order valence-corrected chi connectivity index (χ0v) is 17.8. The second-order valence-electron chi connectivity index (χ2n) is 7.33. The van der Waals surface area contributed by atoms with Crippen molar-refractivity contribution in [3.8, 4) is 0 Å². The Bertz CT molecular complexity index is 1050. The summed E-state index contributed by atoms with van der Waals surface area (Å²) in [6.45, 7) is 5.61. The van der Waals surface area contributed by atoms with E-state index in [1.165, 1.54) is 13.0 Å². The topological polar surface area (TPSA) is 83.6 Å². The molecule has 2 aromatic rings. The normalized spacial score (nSPS) is 14.4. The number of nitrogens with one attached hydrogen (secondary N) is 1. The van der Waals surface area contributed by atoms with Gasteiger partial charge in [-0.05, 0) is 55.2 Å². The smallest absolute Gasteiger partial charge is 0.225 e. The summed E-state index contributed by atoms with van der Waals surface area (Å²) in [5.74, 6) is -0.386. The maximum atomic E-state index is 13.0. The van der Waals surface area contributed by atoms with Gasteiger partial charge in [0.2, 0.25) is 11.8 Å². The molecule has 0 fully saturated rings. The van der Waals surface area contributed by atoms with Crippen molar-refractivity contribution in [3.63, 3.8) is 0 Å². The van der Waals surface area contributed by atoms with Crippen molar-refractivity contribution in [3.05, 3.63) is 53.6 Å². The van der Waals surface area contributed by atoms with E-state index < -0.39 is 15.1 Å². The highest BCUT2D eigenvalue weighted by Gasteiger charge is 2.29. The number of para-hydroxylation sites is 1. The highest BCUT2D eigenvalue weighted by atomic mass is 32.2. The molecule has 1 heterocycles. The number of amides is 2. The minimum atomic E-state index is -3.67. The van der Waals surface area contributed by atoms with E-state index in [9.17, 15) is 18.0 Å². The van der Waals surface area contributed by atoms with E-state index in [1.807, 2.05) is 31.2 Å². The predicted molar refractivity (Wildman–Crippen MR) is 114 cm³/mol. The molecule has 0 bridgehead atoms. The summed E-state index contributed by atoms with van der Waals surface area (Å²) in [6, 6.07) is 12.3. The molecule has 3 rings (SSSR count). The fraction of sp³-hybridized carbons (Fsp3) is 0.364. The second kappa shape index (κ2) is 8.37. The molecule has 0 saturated heterocycles. The van der Waals surface area contributed by atoms with Crippen LogP contribution in [-0.2, 0) is 32.3 Å². The molecule has 2 amide bonds. The van der Waals surface area contributed by atoms with Crippen molar-refractivity contribution in [2.45, 2.75) is 50.2 Å². The Morgan fingerprint density at radius 3 is 2.59 bits per heavy atom. The van der Waals surface area contributed by atoms with E-state index in [4.69, 9.17) is 0 Å². The Morgan fingerprint density at radius 1 is 1.17 bits per heavy atom. The molecule has 0 aliphatic carbocycles. The van der Waals surface area contributed by atoms with Gasteiger partial charge in [-0.15, -0.1) is 0 Å². The maximum absolute atomic E-state index is 13.0. The number of benzene rings is 2. The van der Waals surface area contributed by atoms with Crippen molar-refractivity contribution < 1.29 is 18.0 Å². The van der Waals surface area contributed by atoms with Gasteiger partial charge in [0.05, 0.1) is 10.1 Å². The highest BCUT2D eigenvalue weighted by molar-refractivity contribution is 7.92. The van der Waals surface area contributed by atoms with E-state index in [0.717, 1.165) is 23.2 Å². The molecule has 154 valence electrons. The molecule has 0 unspecified atom stereocenters. The van der Waals surface area contributed by atoms with Crippen molar-refractivity contribution in [2.24, 2.45) is 0 Å². The van der Waals surface area contributed by atoms with Crippen LogP contribution in [0.1, 0.15) is 38.3 Å². The van der Waals surface area contributed by atoms with Gasteiger partial charge in [-0.1, -0.05) is 25.1 Å². The molecular formula is C22H26N2O4S. The van der Waals surface area contributed by atoms with E-state index in [2.05, 4.69) is 5.32 Å². The summed E-state index contributed by atoms with van der Waals surface area (Å²) in [5.41, 5.74) is 3.32. The third kappa shape index (κ3) is 4.34. The first-order valence-electron chi connectivity index (χ1n) is 9.76. The van der Waals surface area contributed by atoms with E-state index in [1.54, 1.807) is 24.0 Å². The standard InChI is InChI=1S/C22H26N2O4S/c1-4-17-7-5-6-8-20(17)23-22(26)13-15(2)29(27,28)19-9-10-21-18(14-19)11-12-24(21)16(3)25/h5-10,14-15H,4,11-13H2,1-3H3,(H,23,26)/t15-/m1/s1. The van der Waals surface area contributed by atoms with Crippen molar-refractivity contribution in [1.29, 1.82) is 0 Å². The predicted octanol–water partition coefficient (Wildman–Crippen LogP) is 3.35. The molecule has 2 aromatic carbocycles. The average Bonchev–Trinajstić information content (AvgIpc) is 3.11. The number of fused-ring (bicyclic) bond motifs is 1. The summed E-state index contributed by atoms with van der Waals surface area (Å²) in [6.07, 6.45) is 1.27. The fourth-order valence-electron chi connectivity index (χ4n) is 3.64. The number of carbonyl (C=O) groups excluding carboxylic acids is 2. The SMILES string of the molecule is CCc1ccccc1NC(=O)C[C@@H](C)S(=O)(=O)c1ccc2c(c1)CCN2C(C)=O. The lowest BCUT2D eigenvalue weighted by Crippen LogP contribution is -2.26. The molecule has 1 atom stereocenters. The Kier molecular flexibility index (Phi) is 6.07. The van der Waals surface area contributed by atoms with Crippen LogP contribution in [0.3, 0.4) is 0 Å². The van der Waals surface area contributed by atoms with Crippen molar-refractivity contribution >= 4 is 33.0 Å². The third-order valence-electron chi connectivity index (χ3n) is 5.33. The lowest BCUT2D eigenvalue weighted by atomic mass is 10.1. The number of aryl methyl sites for hydroxylation is 1. The van der Waals surface area contributed by atoms with Crippen LogP contribution < -0.4 is 10.2 Å². The summed E-state index contributed by atoms with van der Waals surface area (Å²) in [7, 11) is -3.67. The van der Waals surface area contributed by atoms with Gasteiger partial charge in [0, 0.05) is 31.3 Å². The molecular weight excluding hydrogens is 388 g/mol. The summed E-state index contributed by atoms with van der Waals surface area (Å²) in [4.78, 5) is 26.0. The number of carbonyl (C=O) groups is 2. The number of hydrogen-bond acceptors (Lipinski definition) is 4. The van der Waals surface area contributed by atoms with Gasteiger partial charge in [0.1, 0.15) is 0 Å². The Labute approximate surface area is 171 Å². The van der Waals surface area contributed by atoms with Crippen LogP contribution >= 0.6 is 0 Å². The second-order valence-corrected chi connectivity index (χ2v) is 9.70. The first-order chi connectivity index (χ1) is 13.7. The number of nitrogens with zero attached hydrogens (tertiary/aromatic N) is 1. The molecule has 0 saturated carbocycles. The first kappa shape index (κ1) is 21.0. The van der Waals surface area contributed by atoms with Gasteiger partial charge in [-0.25, -0.2) is 8.42 Å². The molecule has 1 aliphatic heterocycles. The van der Waals surface area contributed by atoms with Gasteiger partial charge in [0.15, 0.2) is 9.84 Å². The molecule has 29 heavy (non-hydrogen) atoms. The Balaban J connectivity index is 1.74. The number of hydrogen-bond donors (Lipinski definition) is 1. The molecule has 0 radical (unpaired) electrons. The lowest BCUT2D eigenvalue weighted by Gasteiger charge is -2.17. The van der Waals surface area contributed by atoms with Crippen molar-refractivity contribution in [1.82, 2.24) is 0 Å². The number of rotatable bonds is 6. The van der Waals surface area contributed by atoms with E-state index >= 15 is 0 Å². The van der Waals surface area contributed by atoms with E-state index in [0.29, 0.717) is 18.7 Å². The minimum Gasteiger partial charge on any atom is -0.326 e. The van der Waals surface area contributed by atoms with Crippen LogP contribution in [0, 0.1) is 0 Å². The number of anilines is 2. The molecule has 6 nitrogen and oxygen atoms in total. The highest BCUT2D eigenvalue weighted by Crippen LogP contribution is 2.31. The van der Waals surface area contributed by atoms with E-state index in [-0.39, 0.29) is 23.1 Å². The minimum absolute atomic E-state index is 0.0586. The Morgan fingerprint density at radius 2 is 1.90 bits per heavy atom. The largest absolute Gasteiger partial charge is 0.326 e. The fourth-order valence-corrected chi connectivity index (χ4v) is 5.04. The zero-order chi connectivity index (χ0) is 21.2. The maximum Gasteiger partial charge on any atom is 0.225 e. The molecule has 1 N–H and O–H groups in total. The van der Waals surface area contributed by atoms with Crippen LogP contribution in [-0.4, -0.2) is 32.0 Å². The van der Waals surface area contributed by atoms with Crippen molar-refractivity contribution in [2.75, 3.05) is 16.8 Å². The van der Waals surface area contributed by atoms with Gasteiger partial charge in [-0.2, -0.15) is 0 Å². The molecule has 1 aliphatic rings. The van der Waals surface area contributed by atoms with Crippen LogP contribution in [0.5, 0.6) is 0 Å². The number of sulfone groups is 1. The van der Waals surface area contributed by atoms with Gasteiger partial charge in [0.25, 0.3) is 0 Å². The summed E-state index contributed by atoms with van der Waals surface area (Å²) < 4.78 is 26.0. The third-order valence-corrected chi connectivity index (χ3v) is 7.47. The lowest BCUT2D eigenvalue weighted by molar-refractivity contribution is -0.117. The average molecular weight is 415 g/mol. The molecule has 7 heteroatoms. The van der Waals surface area contributed by atoms with Crippen LogP contribution in [0.2, 0.25) is 0 Å². The zero-order valence-electron chi connectivity index (χ0n) is 16.9. The molecule has 0 aromatic heterocycles. The van der Waals surface area contributed by atoms with Crippen LogP contribution in [0.15, 0.2) is 47.4 Å². The van der Waals surface area contributed by atoms with Gasteiger partial charge in [-0.3, -0.25) is 9.59 Å².